The van der Waals surface area contributed by atoms with E-state index in [1.807, 2.05) is 24.3 Å². The van der Waals surface area contributed by atoms with Crippen LogP contribution in [-0.2, 0) is 0 Å². The van der Waals surface area contributed by atoms with Crippen LogP contribution in [0.1, 0.15) is 10.4 Å². The van der Waals surface area contributed by atoms with Crippen molar-refractivity contribution in [2.75, 3.05) is 19.5 Å². The first kappa shape index (κ1) is 15.3. The molecule has 0 fully saturated rings. The zero-order chi connectivity index (χ0) is 15.1. The minimum atomic E-state index is -0.911. The SMILES string of the molecule is COc1ccccc1OCCSc1ccc(C(=O)O)cc1. The third-order valence-electron chi connectivity index (χ3n) is 2.78. The molecule has 0 aliphatic rings. The summed E-state index contributed by atoms with van der Waals surface area (Å²) in [4.78, 5) is 11.8. The van der Waals surface area contributed by atoms with Crippen LogP contribution in [-0.4, -0.2) is 30.5 Å². The predicted octanol–water partition coefficient (Wildman–Crippen LogP) is 3.56. The lowest BCUT2D eigenvalue weighted by atomic mass is 10.2. The molecule has 2 rings (SSSR count). The molecule has 0 spiro atoms. The fourth-order valence-corrected chi connectivity index (χ4v) is 2.47. The van der Waals surface area contributed by atoms with Crippen LogP contribution in [0, 0.1) is 0 Å². The Morgan fingerprint density at radius 3 is 2.38 bits per heavy atom. The third kappa shape index (κ3) is 4.43. The fourth-order valence-electron chi connectivity index (χ4n) is 1.74. The number of hydrogen-bond donors (Lipinski definition) is 1. The first-order valence-corrected chi connectivity index (χ1v) is 7.41. The van der Waals surface area contributed by atoms with Crippen molar-refractivity contribution in [2.45, 2.75) is 4.90 Å². The van der Waals surface area contributed by atoms with E-state index in [0.717, 1.165) is 16.4 Å². The Morgan fingerprint density at radius 1 is 1.10 bits per heavy atom. The molecule has 2 aromatic rings. The van der Waals surface area contributed by atoms with Crippen molar-refractivity contribution in [3.63, 3.8) is 0 Å². The van der Waals surface area contributed by atoms with E-state index in [0.29, 0.717) is 17.9 Å². The molecule has 0 heterocycles. The zero-order valence-corrected chi connectivity index (χ0v) is 12.4. The average molecular weight is 304 g/mol. The van der Waals surface area contributed by atoms with Crippen molar-refractivity contribution >= 4 is 17.7 Å². The summed E-state index contributed by atoms with van der Waals surface area (Å²) in [5.74, 6) is 1.30. The molecule has 0 aliphatic heterocycles. The standard InChI is InChI=1S/C16H16O4S/c1-19-14-4-2-3-5-15(14)20-10-11-21-13-8-6-12(7-9-13)16(17)18/h2-9H,10-11H2,1H3,(H,17,18). The van der Waals surface area contributed by atoms with Crippen molar-refractivity contribution in [2.24, 2.45) is 0 Å². The summed E-state index contributed by atoms with van der Waals surface area (Å²) in [6.45, 7) is 0.547. The minimum absolute atomic E-state index is 0.296. The van der Waals surface area contributed by atoms with Gasteiger partial charge in [0, 0.05) is 10.6 Å². The summed E-state index contributed by atoms with van der Waals surface area (Å²) in [6, 6.07) is 14.3. The molecule has 4 nitrogen and oxygen atoms in total. The van der Waals surface area contributed by atoms with E-state index < -0.39 is 5.97 Å². The van der Waals surface area contributed by atoms with Crippen LogP contribution >= 0.6 is 11.8 Å². The molecular formula is C16H16O4S. The highest BCUT2D eigenvalue weighted by Crippen LogP contribution is 2.26. The van der Waals surface area contributed by atoms with Gasteiger partial charge >= 0.3 is 5.97 Å². The number of carboxylic acid groups (broad SMARTS) is 1. The van der Waals surface area contributed by atoms with Gasteiger partial charge in [-0.2, -0.15) is 0 Å². The maximum Gasteiger partial charge on any atom is 0.335 e. The quantitative estimate of drug-likeness (QED) is 0.626. The molecule has 1 N–H and O–H groups in total. The number of thioether (sulfide) groups is 1. The summed E-state index contributed by atoms with van der Waals surface area (Å²) in [6.07, 6.45) is 0. The van der Waals surface area contributed by atoms with Gasteiger partial charge in [-0.3, -0.25) is 0 Å². The molecule has 0 aromatic heterocycles. The van der Waals surface area contributed by atoms with E-state index in [2.05, 4.69) is 0 Å². The van der Waals surface area contributed by atoms with Crippen LogP contribution in [0.15, 0.2) is 53.4 Å². The van der Waals surface area contributed by atoms with E-state index in [1.54, 1.807) is 43.1 Å². The smallest absolute Gasteiger partial charge is 0.335 e. The molecule has 0 atom stereocenters. The largest absolute Gasteiger partial charge is 0.493 e. The second kappa shape index (κ2) is 7.59. The van der Waals surface area contributed by atoms with Gasteiger partial charge in [0.15, 0.2) is 11.5 Å². The lowest BCUT2D eigenvalue weighted by Crippen LogP contribution is -2.01. The fraction of sp³-hybridized carbons (Fsp3) is 0.188. The van der Waals surface area contributed by atoms with Gasteiger partial charge in [0.1, 0.15) is 0 Å². The normalized spacial score (nSPS) is 10.1. The molecule has 0 unspecified atom stereocenters. The number of aromatic carboxylic acids is 1. The lowest BCUT2D eigenvalue weighted by Gasteiger charge is -2.10. The van der Waals surface area contributed by atoms with Gasteiger partial charge in [0.05, 0.1) is 19.3 Å². The summed E-state index contributed by atoms with van der Waals surface area (Å²) < 4.78 is 10.9. The van der Waals surface area contributed by atoms with Crippen LogP contribution in [0.3, 0.4) is 0 Å². The maximum atomic E-state index is 10.8. The van der Waals surface area contributed by atoms with Crippen molar-refractivity contribution in [3.8, 4) is 11.5 Å². The maximum absolute atomic E-state index is 10.8. The zero-order valence-electron chi connectivity index (χ0n) is 11.6. The lowest BCUT2D eigenvalue weighted by molar-refractivity contribution is 0.0697. The molecule has 0 radical (unpaired) electrons. The van der Waals surface area contributed by atoms with E-state index in [1.165, 1.54) is 0 Å². The molecule has 110 valence electrons. The van der Waals surface area contributed by atoms with Crippen molar-refractivity contribution in [1.82, 2.24) is 0 Å². The summed E-state index contributed by atoms with van der Waals surface area (Å²) in [5, 5.41) is 8.83. The number of rotatable bonds is 7. The van der Waals surface area contributed by atoms with Gasteiger partial charge in [0.25, 0.3) is 0 Å². The molecule has 0 bridgehead atoms. The van der Waals surface area contributed by atoms with E-state index in [4.69, 9.17) is 14.6 Å². The molecule has 5 heteroatoms. The highest BCUT2D eigenvalue weighted by molar-refractivity contribution is 7.99. The first-order chi connectivity index (χ1) is 10.2. The minimum Gasteiger partial charge on any atom is -0.493 e. The van der Waals surface area contributed by atoms with Crippen LogP contribution in [0.4, 0.5) is 0 Å². The number of methoxy groups -OCH3 is 1. The third-order valence-corrected chi connectivity index (χ3v) is 3.76. The monoisotopic (exact) mass is 304 g/mol. The van der Waals surface area contributed by atoms with Gasteiger partial charge in [0.2, 0.25) is 0 Å². The van der Waals surface area contributed by atoms with E-state index in [9.17, 15) is 4.79 Å². The number of carboxylic acids is 1. The van der Waals surface area contributed by atoms with Crippen molar-refractivity contribution < 1.29 is 19.4 Å². The van der Waals surface area contributed by atoms with Crippen LogP contribution in [0.25, 0.3) is 0 Å². The van der Waals surface area contributed by atoms with Crippen molar-refractivity contribution in [1.29, 1.82) is 0 Å². The van der Waals surface area contributed by atoms with E-state index >= 15 is 0 Å². The molecule has 0 saturated carbocycles. The highest BCUT2D eigenvalue weighted by Gasteiger charge is 2.04. The Hall–Kier alpha value is -2.14. The van der Waals surface area contributed by atoms with Gasteiger partial charge in [-0.15, -0.1) is 11.8 Å². The molecule has 0 aliphatic carbocycles. The molecule has 21 heavy (non-hydrogen) atoms. The Morgan fingerprint density at radius 2 is 1.76 bits per heavy atom. The first-order valence-electron chi connectivity index (χ1n) is 6.42. The number of ether oxygens (including phenoxy) is 2. The Labute approximate surface area is 127 Å². The van der Waals surface area contributed by atoms with Crippen molar-refractivity contribution in [3.05, 3.63) is 54.1 Å². The van der Waals surface area contributed by atoms with Gasteiger partial charge in [-0.05, 0) is 36.4 Å². The Balaban J connectivity index is 1.80. The summed E-state index contributed by atoms with van der Waals surface area (Å²) >= 11 is 1.61. The number of para-hydroxylation sites is 2. The summed E-state index contributed by atoms with van der Waals surface area (Å²) in [5.41, 5.74) is 0.296. The van der Waals surface area contributed by atoms with Crippen LogP contribution in [0.2, 0.25) is 0 Å². The molecule has 0 amide bonds. The van der Waals surface area contributed by atoms with E-state index in [-0.39, 0.29) is 0 Å². The Bertz CT molecular complexity index is 595. The molecule has 2 aromatic carbocycles. The van der Waals surface area contributed by atoms with Gasteiger partial charge in [-0.1, -0.05) is 12.1 Å². The topological polar surface area (TPSA) is 55.8 Å². The molecule has 0 saturated heterocycles. The highest BCUT2D eigenvalue weighted by atomic mass is 32.2. The number of carbonyl (C=O) groups is 1. The second-order valence-electron chi connectivity index (χ2n) is 4.18. The second-order valence-corrected chi connectivity index (χ2v) is 5.35. The predicted molar refractivity (Wildman–Crippen MR) is 82.6 cm³/mol. The van der Waals surface area contributed by atoms with Gasteiger partial charge in [-0.25, -0.2) is 4.79 Å². The number of hydrogen-bond acceptors (Lipinski definition) is 4. The molecular weight excluding hydrogens is 288 g/mol. The van der Waals surface area contributed by atoms with Crippen LogP contribution in [0.5, 0.6) is 11.5 Å². The van der Waals surface area contributed by atoms with Crippen LogP contribution < -0.4 is 9.47 Å². The van der Waals surface area contributed by atoms with Gasteiger partial charge < -0.3 is 14.6 Å². The average Bonchev–Trinajstić information content (AvgIpc) is 2.52. The summed E-state index contributed by atoms with van der Waals surface area (Å²) in [7, 11) is 1.61. The Kier molecular flexibility index (Phi) is 5.51. The number of benzene rings is 2.